The van der Waals surface area contributed by atoms with Gasteiger partial charge < -0.3 is 10.1 Å². The largest absolute Gasteiger partial charge is 0.495 e. The molecule has 0 atom stereocenters. The second kappa shape index (κ2) is 9.61. The smallest absolute Gasteiger partial charge is 0.315 e. The minimum Gasteiger partial charge on any atom is -0.495 e. The lowest BCUT2D eigenvalue weighted by atomic mass is 10.1. The van der Waals surface area contributed by atoms with Crippen LogP contribution in [0.3, 0.4) is 0 Å². The molecular formula is C19H19F3N2O5S. The highest BCUT2D eigenvalue weighted by Gasteiger charge is 2.23. The molecule has 2 rings (SSSR count). The number of carbonyl (C=O) groups is 2. The number of hydrogen-bond acceptors (Lipinski definition) is 5. The monoisotopic (exact) mass is 444 g/mol. The number of ketones is 1. The van der Waals surface area contributed by atoms with Crippen LogP contribution in [0.25, 0.3) is 0 Å². The second-order valence-corrected chi connectivity index (χ2v) is 8.10. The molecule has 0 radical (unpaired) electrons. The molecule has 0 aliphatic heterocycles. The number of sulfonamides is 1. The number of halogens is 3. The summed E-state index contributed by atoms with van der Waals surface area (Å²) in [4.78, 5) is 22.8. The van der Waals surface area contributed by atoms with E-state index >= 15 is 0 Å². The van der Waals surface area contributed by atoms with Gasteiger partial charge in [0.1, 0.15) is 11.6 Å². The van der Waals surface area contributed by atoms with Crippen LogP contribution < -0.4 is 14.4 Å². The Bertz CT molecular complexity index is 1040. The van der Waals surface area contributed by atoms with Crippen molar-refractivity contribution in [2.24, 2.45) is 0 Å². The maximum absolute atomic E-state index is 14.6. The molecule has 2 aromatic rings. The molecule has 1 N–H and O–H groups in total. The molecule has 1 amide bonds. The standard InChI is InChI=1S/C19H19F3N2O5S/c1-29-17-6-4-3-5-15(17)24(30(2,27)28)11-13-8-7-12(9-14(13)20)16(25)10-23-19(26)18(21)22/h3-9,18H,10-11H2,1-2H3,(H,23,26). The summed E-state index contributed by atoms with van der Waals surface area (Å²) in [6.07, 6.45) is -2.31. The van der Waals surface area contributed by atoms with E-state index < -0.39 is 40.5 Å². The Morgan fingerprint density at radius 3 is 2.40 bits per heavy atom. The minimum atomic E-state index is -3.82. The van der Waals surface area contributed by atoms with E-state index in [1.807, 2.05) is 0 Å². The lowest BCUT2D eigenvalue weighted by molar-refractivity contribution is -0.131. The number of nitrogens with one attached hydrogen (secondary N) is 1. The average Bonchev–Trinajstić information content (AvgIpc) is 2.69. The van der Waals surface area contributed by atoms with Gasteiger partial charge >= 0.3 is 6.43 Å². The summed E-state index contributed by atoms with van der Waals surface area (Å²) >= 11 is 0. The lowest BCUT2D eigenvalue weighted by Crippen LogP contribution is -2.34. The van der Waals surface area contributed by atoms with Gasteiger partial charge in [-0.3, -0.25) is 13.9 Å². The Labute approximate surface area is 171 Å². The second-order valence-electron chi connectivity index (χ2n) is 6.19. The number of benzene rings is 2. The van der Waals surface area contributed by atoms with Crippen LogP contribution in [0.2, 0.25) is 0 Å². The molecule has 30 heavy (non-hydrogen) atoms. The molecule has 0 saturated heterocycles. The van der Waals surface area contributed by atoms with Gasteiger partial charge in [0.05, 0.1) is 32.1 Å². The quantitative estimate of drug-likeness (QED) is 0.600. The molecule has 0 unspecified atom stereocenters. The van der Waals surface area contributed by atoms with Crippen LogP contribution in [-0.4, -0.2) is 46.4 Å². The van der Waals surface area contributed by atoms with Gasteiger partial charge in [-0.2, -0.15) is 8.78 Å². The first kappa shape index (κ1) is 23.2. The Kier molecular flexibility index (Phi) is 7.43. The van der Waals surface area contributed by atoms with E-state index in [-0.39, 0.29) is 29.1 Å². The van der Waals surface area contributed by atoms with E-state index in [9.17, 15) is 31.2 Å². The molecule has 0 aliphatic rings. The van der Waals surface area contributed by atoms with Crippen molar-refractivity contribution in [2.75, 3.05) is 24.2 Å². The zero-order valence-corrected chi connectivity index (χ0v) is 16.9. The normalized spacial score (nSPS) is 11.3. The lowest BCUT2D eigenvalue weighted by Gasteiger charge is -2.24. The third kappa shape index (κ3) is 5.72. The SMILES string of the molecule is COc1ccccc1N(Cc1ccc(C(=O)CNC(=O)C(F)F)cc1F)S(C)(=O)=O. The summed E-state index contributed by atoms with van der Waals surface area (Å²) in [6, 6.07) is 9.59. The molecule has 2 aromatic carbocycles. The molecule has 0 aliphatic carbocycles. The minimum absolute atomic E-state index is 0.0282. The van der Waals surface area contributed by atoms with Crippen molar-refractivity contribution in [1.82, 2.24) is 5.32 Å². The first-order chi connectivity index (χ1) is 14.0. The maximum Gasteiger partial charge on any atom is 0.315 e. The van der Waals surface area contributed by atoms with Crippen molar-refractivity contribution in [3.05, 3.63) is 59.4 Å². The Morgan fingerprint density at radius 1 is 1.17 bits per heavy atom. The van der Waals surface area contributed by atoms with E-state index in [4.69, 9.17) is 4.74 Å². The number of anilines is 1. The zero-order chi connectivity index (χ0) is 22.5. The summed E-state index contributed by atoms with van der Waals surface area (Å²) in [7, 11) is -2.45. The highest BCUT2D eigenvalue weighted by atomic mass is 32.2. The Balaban J connectivity index is 2.26. The number of amides is 1. The first-order valence-electron chi connectivity index (χ1n) is 8.52. The summed E-state index contributed by atoms with van der Waals surface area (Å²) in [5.74, 6) is -2.99. The van der Waals surface area contributed by atoms with E-state index in [0.717, 1.165) is 16.6 Å². The van der Waals surface area contributed by atoms with E-state index in [1.165, 1.54) is 25.3 Å². The number of nitrogens with zero attached hydrogens (tertiary/aromatic N) is 1. The number of para-hydroxylation sites is 2. The molecular weight excluding hydrogens is 425 g/mol. The number of methoxy groups -OCH3 is 1. The van der Waals surface area contributed by atoms with Crippen LogP contribution in [0.1, 0.15) is 15.9 Å². The van der Waals surface area contributed by atoms with Gasteiger partial charge in [0, 0.05) is 11.1 Å². The van der Waals surface area contributed by atoms with Crippen molar-refractivity contribution in [3.63, 3.8) is 0 Å². The molecule has 162 valence electrons. The van der Waals surface area contributed by atoms with Gasteiger partial charge in [-0.25, -0.2) is 12.8 Å². The Hall–Kier alpha value is -3.08. The molecule has 0 aromatic heterocycles. The van der Waals surface area contributed by atoms with Gasteiger partial charge in [0.25, 0.3) is 5.91 Å². The van der Waals surface area contributed by atoms with Gasteiger partial charge in [-0.05, 0) is 18.2 Å². The highest BCUT2D eigenvalue weighted by Crippen LogP contribution is 2.31. The first-order valence-corrected chi connectivity index (χ1v) is 10.4. The molecule has 11 heteroatoms. The van der Waals surface area contributed by atoms with Crippen molar-refractivity contribution >= 4 is 27.4 Å². The highest BCUT2D eigenvalue weighted by molar-refractivity contribution is 7.92. The van der Waals surface area contributed by atoms with E-state index in [0.29, 0.717) is 0 Å². The average molecular weight is 444 g/mol. The molecule has 7 nitrogen and oxygen atoms in total. The molecule has 0 fully saturated rings. The zero-order valence-electron chi connectivity index (χ0n) is 16.1. The fourth-order valence-electron chi connectivity index (χ4n) is 2.57. The van der Waals surface area contributed by atoms with E-state index in [1.54, 1.807) is 23.5 Å². The third-order valence-corrected chi connectivity index (χ3v) is 5.19. The van der Waals surface area contributed by atoms with Crippen molar-refractivity contribution in [3.8, 4) is 5.75 Å². The van der Waals surface area contributed by atoms with Crippen LogP contribution in [0.4, 0.5) is 18.9 Å². The number of Topliss-reactive ketones (excluding diaryl/α,β-unsaturated/α-hetero) is 1. The number of hydrogen-bond donors (Lipinski definition) is 1. The van der Waals surface area contributed by atoms with Crippen molar-refractivity contribution in [2.45, 2.75) is 13.0 Å². The van der Waals surface area contributed by atoms with E-state index in [2.05, 4.69) is 0 Å². The number of carbonyl (C=O) groups excluding carboxylic acids is 2. The van der Waals surface area contributed by atoms with Crippen LogP contribution in [0.15, 0.2) is 42.5 Å². The van der Waals surface area contributed by atoms with Crippen molar-refractivity contribution in [1.29, 1.82) is 0 Å². The van der Waals surface area contributed by atoms with Crippen LogP contribution in [0.5, 0.6) is 5.75 Å². The van der Waals surface area contributed by atoms with Gasteiger partial charge in [-0.1, -0.05) is 24.3 Å². The van der Waals surface area contributed by atoms with Crippen LogP contribution in [-0.2, 0) is 21.4 Å². The predicted molar refractivity (Wildman–Crippen MR) is 104 cm³/mol. The van der Waals surface area contributed by atoms with Gasteiger partial charge in [0.2, 0.25) is 10.0 Å². The molecule has 0 bridgehead atoms. The van der Waals surface area contributed by atoms with Crippen LogP contribution in [0, 0.1) is 5.82 Å². The summed E-state index contributed by atoms with van der Waals surface area (Å²) in [5, 5.41) is 1.74. The fraction of sp³-hybridized carbons (Fsp3) is 0.263. The molecule has 0 spiro atoms. The maximum atomic E-state index is 14.6. The van der Waals surface area contributed by atoms with Gasteiger partial charge in [-0.15, -0.1) is 0 Å². The Morgan fingerprint density at radius 2 is 1.83 bits per heavy atom. The predicted octanol–water partition coefficient (Wildman–Crippen LogP) is 2.36. The third-order valence-electron chi connectivity index (χ3n) is 4.06. The number of ether oxygens (including phenoxy) is 1. The fourth-order valence-corrected chi connectivity index (χ4v) is 3.45. The molecule has 0 saturated carbocycles. The number of rotatable bonds is 9. The van der Waals surface area contributed by atoms with Crippen molar-refractivity contribution < 1.29 is 35.9 Å². The summed E-state index contributed by atoms with van der Waals surface area (Å²) in [6.45, 7) is -1.10. The topological polar surface area (TPSA) is 92.8 Å². The summed E-state index contributed by atoms with van der Waals surface area (Å²) < 4.78 is 69.6. The molecule has 0 heterocycles. The summed E-state index contributed by atoms with van der Waals surface area (Å²) in [5.41, 5.74) is 0.0188. The van der Waals surface area contributed by atoms with Gasteiger partial charge in [0.15, 0.2) is 5.78 Å². The van der Waals surface area contributed by atoms with Crippen LogP contribution >= 0.6 is 0 Å². The number of alkyl halides is 2.